The van der Waals surface area contributed by atoms with Crippen molar-refractivity contribution in [2.75, 3.05) is 5.73 Å². The topological polar surface area (TPSA) is 35.2 Å². The van der Waals surface area contributed by atoms with E-state index in [2.05, 4.69) is 4.74 Å². The van der Waals surface area contributed by atoms with Crippen LogP contribution in [0.3, 0.4) is 0 Å². The van der Waals surface area contributed by atoms with Gasteiger partial charge in [-0.05, 0) is 18.9 Å². The normalized spacial score (nSPS) is 16.4. The third-order valence-corrected chi connectivity index (χ3v) is 4.29. The van der Waals surface area contributed by atoms with Gasteiger partial charge in [-0.25, -0.2) is 4.39 Å². The maximum absolute atomic E-state index is 13.4. The molecule has 1 aliphatic rings. The van der Waals surface area contributed by atoms with Crippen molar-refractivity contribution in [1.82, 2.24) is 0 Å². The predicted molar refractivity (Wildman–Crippen MR) is 65.6 cm³/mol. The molecule has 0 amide bonds. The summed E-state index contributed by atoms with van der Waals surface area (Å²) >= 11 is 1.51. The number of ether oxygens (including phenoxy) is 1. The maximum Gasteiger partial charge on any atom is 0.387 e. The zero-order chi connectivity index (χ0) is 13.1. The minimum Gasteiger partial charge on any atom is -0.432 e. The Bertz CT molecular complexity index is 422. The largest absolute Gasteiger partial charge is 0.432 e. The van der Waals surface area contributed by atoms with Crippen LogP contribution in [0.5, 0.6) is 5.75 Å². The van der Waals surface area contributed by atoms with Crippen LogP contribution in [-0.4, -0.2) is 11.9 Å². The number of hydrogen-bond acceptors (Lipinski definition) is 3. The van der Waals surface area contributed by atoms with E-state index in [1.54, 1.807) is 0 Å². The Hall–Kier alpha value is -1.04. The van der Waals surface area contributed by atoms with Crippen LogP contribution < -0.4 is 10.5 Å². The molecule has 0 bridgehead atoms. The molecule has 100 valence electrons. The van der Waals surface area contributed by atoms with Crippen molar-refractivity contribution in [3.63, 3.8) is 0 Å². The standard InChI is InChI=1S/C12H14F3NOS/c13-8-5-9(16)11(6-10(8)17-12(14)15)18-7-3-1-2-4-7/h5-7,12H,1-4,16H2. The zero-order valence-electron chi connectivity index (χ0n) is 9.67. The summed E-state index contributed by atoms with van der Waals surface area (Å²) in [6, 6.07) is 2.30. The summed E-state index contributed by atoms with van der Waals surface area (Å²) in [7, 11) is 0. The zero-order valence-corrected chi connectivity index (χ0v) is 10.5. The van der Waals surface area contributed by atoms with Gasteiger partial charge in [0.2, 0.25) is 0 Å². The quantitative estimate of drug-likeness (QED) is 0.843. The number of anilines is 1. The highest BCUT2D eigenvalue weighted by molar-refractivity contribution is 8.00. The predicted octanol–water partition coefficient (Wildman–Crippen LogP) is 4.04. The fraction of sp³-hybridized carbons (Fsp3) is 0.500. The Labute approximate surface area is 108 Å². The van der Waals surface area contributed by atoms with Gasteiger partial charge in [0.15, 0.2) is 11.6 Å². The van der Waals surface area contributed by atoms with Crippen LogP contribution in [0.4, 0.5) is 18.9 Å². The van der Waals surface area contributed by atoms with Crippen LogP contribution >= 0.6 is 11.8 Å². The van der Waals surface area contributed by atoms with E-state index in [0.29, 0.717) is 10.1 Å². The minimum atomic E-state index is -3.03. The van der Waals surface area contributed by atoms with Crippen molar-refractivity contribution in [3.8, 4) is 5.75 Å². The van der Waals surface area contributed by atoms with Gasteiger partial charge in [0, 0.05) is 21.9 Å². The first-order chi connectivity index (χ1) is 8.56. The van der Waals surface area contributed by atoms with Gasteiger partial charge in [-0.2, -0.15) is 8.78 Å². The summed E-state index contributed by atoms with van der Waals surface area (Å²) in [5.74, 6) is -1.30. The Morgan fingerprint density at radius 1 is 1.28 bits per heavy atom. The monoisotopic (exact) mass is 277 g/mol. The van der Waals surface area contributed by atoms with Gasteiger partial charge < -0.3 is 10.5 Å². The number of thioether (sulfide) groups is 1. The lowest BCUT2D eigenvalue weighted by Crippen LogP contribution is -2.05. The van der Waals surface area contributed by atoms with Crippen LogP contribution in [0, 0.1) is 5.82 Å². The Kier molecular flexibility index (Phi) is 4.27. The molecule has 2 rings (SSSR count). The first kappa shape index (κ1) is 13.4. The molecule has 0 radical (unpaired) electrons. The molecular weight excluding hydrogens is 263 g/mol. The fourth-order valence-electron chi connectivity index (χ4n) is 2.02. The summed E-state index contributed by atoms with van der Waals surface area (Å²) in [5.41, 5.74) is 5.96. The Morgan fingerprint density at radius 2 is 1.94 bits per heavy atom. The van der Waals surface area contributed by atoms with Crippen LogP contribution in [0.25, 0.3) is 0 Å². The lowest BCUT2D eigenvalue weighted by molar-refractivity contribution is -0.0523. The van der Waals surface area contributed by atoms with E-state index < -0.39 is 18.2 Å². The third-order valence-electron chi connectivity index (χ3n) is 2.88. The average Bonchev–Trinajstić information content (AvgIpc) is 2.77. The first-order valence-corrected chi connectivity index (χ1v) is 6.64. The van der Waals surface area contributed by atoms with Gasteiger partial charge in [-0.15, -0.1) is 11.8 Å². The number of nitrogens with two attached hydrogens (primary N) is 1. The number of hydrogen-bond donors (Lipinski definition) is 1. The van der Waals surface area contributed by atoms with Crippen molar-refractivity contribution in [2.24, 2.45) is 0 Å². The van der Waals surface area contributed by atoms with Crippen molar-refractivity contribution < 1.29 is 17.9 Å². The third kappa shape index (κ3) is 3.25. The maximum atomic E-state index is 13.4. The van der Waals surface area contributed by atoms with Crippen molar-refractivity contribution in [3.05, 3.63) is 17.9 Å². The summed E-state index contributed by atoms with van der Waals surface area (Å²) < 4.78 is 41.7. The Balaban J connectivity index is 2.17. The molecule has 0 aliphatic heterocycles. The molecule has 2 N–H and O–H groups in total. The summed E-state index contributed by atoms with van der Waals surface area (Å²) in [4.78, 5) is 0.610. The fourth-order valence-corrected chi connectivity index (χ4v) is 3.32. The minimum absolute atomic E-state index is 0.269. The van der Waals surface area contributed by atoms with Crippen molar-refractivity contribution >= 4 is 17.4 Å². The second-order valence-corrected chi connectivity index (χ2v) is 5.57. The molecule has 2 nitrogen and oxygen atoms in total. The lowest BCUT2D eigenvalue weighted by Gasteiger charge is -2.13. The van der Waals surface area contributed by atoms with Crippen LogP contribution in [0.2, 0.25) is 0 Å². The van der Waals surface area contributed by atoms with Gasteiger partial charge >= 0.3 is 6.61 Å². The molecule has 1 aliphatic carbocycles. The summed E-state index contributed by atoms with van der Waals surface area (Å²) in [5, 5.41) is 0.428. The molecule has 0 aromatic heterocycles. The van der Waals surface area contributed by atoms with Crippen molar-refractivity contribution in [2.45, 2.75) is 42.4 Å². The van der Waals surface area contributed by atoms with E-state index in [9.17, 15) is 13.2 Å². The molecule has 1 aromatic rings. The molecule has 0 spiro atoms. The van der Waals surface area contributed by atoms with E-state index >= 15 is 0 Å². The van der Waals surface area contributed by atoms with E-state index in [4.69, 9.17) is 5.73 Å². The van der Waals surface area contributed by atoms with E-state index in [1.807, 2.05) is 0 Å². The molecule has 1 aromatic carbocycles. The molecule has 1 fully saturated rings. The second kappa shape index (κ2) is 5.73. The molecule has 6 heteroatoms. The number of rotatable bonds is 4. The summed E-state index contributed by atoms with van der Waals surface area (Å²) in [6.45, 7) is -3.03. The number of alkyl halides is 2. The second-order valence-electron chi connectivity index (χ2n) is 4.22. The molecule has 1 saturated carbocycles. The molecular formula is C12H14F3NOS. The first-order valence-electron chi connectivity index (χ1n) is 5.76. The highest BCUT2D eigenvalue weighted by Crippen LogP contribution is 2.39. The van der Waals surface area contributed by atoms with Crippen LogP contribution in [0.1, 0.15) is 25.7 Å². The molecule has 18 heavy (non-hydrogen) atoms. The number of halogens is 3. The Morgan fingerprint density at radius 3 is 2.56 bits per heavy atom. The van der Waals surface area contributed by atoms with E-state index in [0.717, 1.165) is 18.9 Å². The molecule has 0 saturated heterocycles. The van der Waals surface area contributed by atoms with Crippen LogP contribution in [-0.2, 0) is 0 Å². The smallest absolute Gasteiger partial charge is 0.387 e. The van der Waals surface area contributed by atoms with Gasteiger partial charge in [0.1, 0.15) is 0 Å². The summed E-state index contributed by atoms with van der Waals surface area (Å²) in [6.07, 6.45) is 4.48. The number of nitrogen functional groups attached to an aromatic ring is 1. The molecule has 0 atom stereocenters. The van der Waals surface area contributed by atoms with Gasteiger partial charge in [0.25, 0.3) is 0 Å². The van der Waals surface area contributed by atoms with Crippen molar-refractivity contribution in [1.29, 1.82) is 0 Å². The van der Waals surface area contributed by atoms with E-state index in [-0.39, 0.29) is 5.69 Å². The van der Waals surface area contributed by atoms with Gasteiger partial charge in [-0.3, -0.25) is 0 Å². The molecule has 0 unspecified atom stereocenters. The number of benzene rings is 1. The highest BCUT2D eigenvalue weighted by atomic mass is 32.2. The van der Waals surface area contributed by atoms with E-state index in [1.165, 1.54) is 30.7 Å². The average molecular weight is 277 g/mol. The highest BCUT2D eigenvalue weighted by Gasteiger charge is 2.19. The van der Waals surface area contributed by atoms with Crippen LogP contribution in [0.15, 0.2) is 17.0 Å². The lowest BCUT2D eigenvalue weighted by atomic mass is 10.3. The SMILES string of the molecule is Nc1cc(F)c(OC(F)F)cc1SC1CCCC1. The molecule has 0 heterocycles. The van der Waals surface area contributed by atoms with Gasteiger partial charge in [-0.1, -0.05) is 12.8 Å². The van der Waals surface area contributed by atoms with Gasteiger partial charge in [0.05, 0.1) is 0 Å².